The van der Waals surface area contributed by atoms with Crippen LogP contribution in [0.4, 0.5) is 0 Å². The summed E-state index contributed by atoms with van der Waals surface area (Å²) in [4.78, 5) is 24.4. The van der Waals surface area contributed by atoms with Gasteiger partial charge in [-0.15, -0.1) is 0 Å². The van der Waals surface area contributed by atoms with E-state index in [2.05, 4.69) is 25.1 Å². The Morgan fingerprint density at radius 3 is 2.37 bits per heavy atom. The number of carboxylic acids is 1. The number of benzene rings is 3. The highest BCUT2D eigenvalue weighted by molar-refractivity contribution is 5.97. The first-order valence-electron chi connectivity index (χ1n) is 10.2. The summed E-state index contributed by atoms with van der Waals surface area (Å²) in [6.45, 7) is 3.75. The number of rotatable bonds is 5. The van der Waals surface area contributed by atoms with Crippen LogP contribution in [-0.4, -0.2) is 17.0 Å². The standard InChI is InChI=1S/C26H24O4/c1-3-17-15-23-21(18-9-5-4-6-10-18)13-8-14-22(23)24(17)30-26(29)20-12-7-11-19(16(20)2)25(27)28/h4-14,17,24H,3,15H2,1-2H3,(H,27,28). The third-order valence-electron chi connectivity index (χ3n) is 6.04. The third kappa shape index (κ3) is 3.50. The molecule has 4 heteroatoms. The van der Waals surface area contributed by atoms with Crippen molar-refractivity contribution in [1.29, 1.82) is 0 Å². The van der Waals surface area contributed by atoms with E-state index >= 15 is 0 Å². The molecule has 3 aromatic carbocycles. The average molecular weight is 400 g/mol. The lowest BCUT2D eigenvalue weighted by Gasteiger charge is -2.20. The Morgan fingerprint density at radius 1 is 0.967 bits per heavy atom. The van der Waals surface area contributed by atoms with Gasteiger partial charge in [-0.2, -0.15) is 0 Å². The normalized spacial score (nSPS) is 17.4. The second-order valence-electron chi connectivity index (χ2n) is 7.72. The maximum Gasteiger partial charge on any atom is 0.339 e. The maximum absolute atomic E-state index is 13.0. The fourth-order valence-corrected chi connectivity index (χ4v) is 4.40. The summed E-state index contributed by atoms with van der Waals surface area (Å²) in [5.74, 6) is -1.33. The number of ether oxygens (including phenoxy) is 1. The molecule has 2 atom stereocenters. The molecule has 0 heterocycles. The quantitative estimate of drug-likeness (QED) is 0.547. The molecule has 0 bridgehead atoms. The van der Waals surface area contributed by atoms with Crippen molar-refractivity contribution in [2.24, 2.45) is 5.92 Å². The maximum atomic E-state index is 13.0. The SMILES string of the molecule is CCC1Cc2c(-c3ccccc3)cccc2C1OC(=O)c1cccc(C(=O)O)c1C. The van der Waals surface area contributed by atoms with Crippen molar-refractivity contribution >= 4 is 11.9 Å². The molecule has 3 aromatic rings. The molecule has 0 spiro atoms. The minimum atomic E-state index is -1.05. The topological polar surface area (TPSA) is 63.6 Å². The largest absolute Gasteiger partial charge is 0.478 e. The molecular formula is C26H24O4. The van der Waals surface area contributed by atoms with E-state index < -0.39 is 11.9 Å². The average Bonchev–Trinajstić information content (AvgIpc) is 3.11. The molecule has 1 N–H and O–H groups in total. The summed E-state index contributed by atoms with van der Waals surface area (Å²) in [5, 5.41) is 9.35. The van der Waals surface area contributed by atoms with Crippen molar-refractivity contribution in [3.63, 3.8) is 0 Å². The Morgan fingerprint density at radius 2 is 1.67 bits per heavy atom. The lowest BCUT2D eigenvalue weighted by atomic mass is 9.96. The first-order chi connectivity index (χ1) is 14.5. The van der Waals surface area contributed by atoms with Gasteiger partial charge in [-0.3, -0.25) is 0 Å². The van der Waals surface area contributed by atoms with E-state index in [-0.39, 0.29) is 17.6 Å². The van der Waals surface area contributed by atoms with Crippen molar-refractivity contribution in [2.45, 2.75) is 32.8 Å². The molecule has 0 aliphatic heterocycles. The van der Waals surface area contributed by atoms with Crippen LogP contribution in [-0.2, 0) is 11.2 Å². The summed E-state index contributed by atoms with van der Waals surface area (Å²) in [6.07, 6.45) is 1.40. The van der Waals surface area contributed by atoms with Crippen LogP contribution in [0.3, 0.4) is 0 Å². The van der Waals surface area contributed by atoms with Crippen LogP contribution in [0.1, 0.15) is 56.9 Å². The fraction of sp³-hybridized carbons (Fsp3) is 0.231. The van der Waals surface area contributed by atoms with Crippen LogP contribution >= 0.6 is 0 Å². The van der Waals surface area contributed by atoms with Crippen molar-refractivity contribution in [2.75, 3.05) is 0 Å². The number of hydrogen-bond donors (Lipinski definition) is 1. The summed E-state index contributed by atoms with van der Waals surface area (Å²) >= 11 is 0. The second kappa shape index (κ2) is 8.15. The Hall–Kier alpha value is -3.40. The highest BCUT2D eigenvalue weighted by Crippen LogP contribution is 2.44. The Labute approximate surface area is 176 Å². The van der Waals surface area contributed by atoms with Crippen molar-refractivity contribution in [3.05, 3.63) is 94.5 Å². The molecular weight excluding hydrogens is 376 g/mol. The van der Waals surface area contributed by atoms with Gasteiger partial charge in [0.15, 0.2) is 0 Å². The Kier molecular flexibility index (Phi) is 5.40. The van der Waals surface area contributed by atoms with E-state index in [1.54, 1.807) is 19.1 Å². The predicted molar refractivity (Wildman–Crippen MR) is 116 cm³/mol. The number of carboxylic acid groups (broad SMARTS) is 1. The van der Waals surface area contributed by atoms with Crippen LogP contribution in [0.5, 0.6) is 0 Å². The van der Waals surface area contributed by atoms with Gasteiger partial charge in [0.1, 0.15) is 6.10 Å². The van der Waals surface area contributed by atoms with Gasteiger partial charge in [0.25, 0.3) is 0 Å². The molecule has 0 radical (unpaired) electrons. The fourth-order valence-electron chi connectivity index (χ4n) is 4.40. The van der Waals surface area contributed by atoms with Gasteiger partial charge in [-0.25, -0.2) is 9.59 Å². The highest BCUT2D eigenvalue weighted by atomic mass is 16.5. The van der Waals surface area contributed by atoms with Crippen LogP contribution in [0, 0.1) is 12.8 Å². The summed E-state index contributed by atoms with van der Waals surface area (Å²) < 4.78 is 6.00. The zero-order valence-corrected chi connectivity index (χ0v) is 17.1. The van der Waals surface area contributed by atoms with Gasteiger partial charge < -0.3 is 9.84 Å². The third-order valence-corrected chi connectivity index (χ3v) is 6.04. The van der Waals surface area contributed by atoms with E-state index in [0.717, 1.165) is 24.0 Å². The molecule has 0 saturated heterocycles. The number of aromatic carboxylic acids is 1. The Balaban J connectivity index is 1.69. The highest BCUT2D eigenvalue weighted by Gasteiger charge is 2.36. The predicted octanol–water partition coefficient (Wildman–Crippen LogP) is 5.84. The molecule has 152 valence electrons. The van der Waals surface area contributed by atoms with Crippen molar-refractivity contribution < 1.29 is 19.4 Å². The lowest BCUT2D eigenvalue weighted by Crippen LogP contribution is -2.17. The van der Waals surface area contributed by atoms with Crippen molar-refractivity contribution in [1.82, 2.24) is 0 Å². The lowest BCUT2D eigenvalue weighted by molar-refractivity contribution is 0.0166. The smallest absolute Gasteiger partial charge is 0.339 e. The summed E-state index contributed by atoms with van der Waals surface area (Å²) in [7, 11) is 0. The van der Waals surface area contributed by atoms with Gasteiger partial charge in [0, 0.05) is 5.92 Å². The molecule has 0 amide bonds. The van der Waals surface area contributed by atoms with E-state index in [1.165, 1.54) is 17.2 Å². The molecule has 30 heavy (non-hydrogen) atoms. The first-order valence-corrected chi connectivity index (χ1v) is 10.2. The summed E-state index contributed by atoms with van der Waals surface area (Å²) in [6, 6.07) is 21.1. The Bertz CT molecular complexity index is 1100. The zero-order valence-electron chi connectivity index (χ0n) is 17.1. The van der Waals surface area contributed by atoms with Crippen LogP contribution < -0.4 is 0 Å². The number of carbonyl (C=O) groups excluding carboxylic acids is 1. The van der Waals surface area contributed by atoms with Gasteiger partial charge >= 0.3 is 11.9 Å². The van der Waals surface area contributed by atoms with Crippen LogP contribution in [0.15, 0.2) is 66.7 Å². The second-order valence-corrected chi connectivity index (χ2v) is 7.72. The minimum Gasteiger partial charge on any atom is -0.478 e. The molecule has 1 aliphatic carbocycles. The molecule has 4 rings (SSSR count). The number of carbonyl (C=O) groups is 2. The van der Waals surface area contributed by atoms with Crippen LogP contribution in [0.2, 0.25) is 0 Å². The molecule has 1 aliphatic rings. The minimum absolute atomic E-state index is 0.120. The number of fused-ring (bicyclic) bond motifs is 1. The van der Waals surface area contributed by atoms with E-state index in [1.807, 2.05) is 30.3 Å². The monoisotopic (exact) mass is 400 g/mol. The number of hydrogen-bond acceptors (Lipinski definition) is 3. The van der Waals surface area contributed by atoms with E-state index in [4.69, 9.17) is 4.74 Å². The molecule has 4 nitrogen and oxygen atoms in total. The van der Waals surface area contributed by atoms with Gasteiger partial charge in [-0.05, 0) is 59.7 Å². The molecule has 0 aromatic heterocycles. The molecule has 0 saturated carbocycles. The summed E-state index contributed by atoms with van der Waals surface area (Å²) in [5.41, 5.74) is 5.45. The van der Waals surface area contributed by atoms with Crippen molar-refractivity contribution in [3.8, 4) is 11.1 Å². The molecule has 0 fully saturated rings. The van der Waals surface area contributed by atoms with E-state index in [0.29, 0.717) is 11.1 Å². The van der Waals surface area contributed by atoms with Gasteiger partial charge in [0.05, 0.1) is 11.1 Å². The molecule has 2 unspecified atom stereocenters. The van der Waals surface area contributed by atoms with Gasteiger partial charge in [-0.1, -0.05) is 61.5 Å². The van der Waals surface area contributed by atoms with E-state index in [9.17, 15) is 14.7 Å². The zero-order chi connectivity index (χ0) is 21.3. The first kappa shape index (κ1) is 19.9. The van der Waals surface area contributed by atoms with Crippen LogP contribution in [0.25, 0.3) is 11.1 Å². The number of esters is 1. The van der Waals surface area contributed by atoms with Gasteiger partial charge in [0.2, 0.25) is 0 Å².